The Balaban J connectivity index is 2.10. The van der Waals surface area contributed by atoms with Crippen LogP contribution in [0, 0.1) is 5.41 Å². The van der Waals surface area contributed by atoms with Crippen LogP contribution in [-0.4, -0.2) is 34.2 Å². The molecule has 0 bridgehead atoms. The van der Waals surface area contributed by atoms with Gasteiger partial charge in [0.25, 0.3) is 0 Å². The number of nitrogens with zero attached hydrogens (tertiary/aromatic N) is 1. The van der Waals surface area contributed by atoms with Crippen LogP contribution in [0.25, 0.3) is 0 Å². The van der Waals surface area contributed by atoms with Crippen LogP contribution in [0.15, 0.2) is 0 Å². The average molecular weight is 197 g/mol. The Bertz CT molecular complexity index is 229. The van der Waals surface area contributed by atoms with Crippen LogP contribution in [0.3, 0.4) is 0 Å². The molecule has 1 aliphatic heterocycles. The summed E-state index contributed by atoms with van der Waals surface area (Å²) < 4.78 is 0. The fourth-order valence-electron chi connectivity index (χ4n) is 2.57. The van der Waals surface area contributed by atoms with E-state index in [1.54, 1.807) is 0 Å². The summed E-state index contributed by atoms with van der Waals surface area (Å²) in [5, 5.41) is 10.6. The van der Waals surface area contributed by atoms with Gasteiger partial charge in [0.05, 0.1) is 5.60 Å². The van der Waals surface area contributed by atoms with Crippen molar-refractivity contribution in [2.24, 2.45) is 5.41 Å². The van der Waals surface area contributed by atoms with E-state index in [0.717, 1.165) is 19.0 Å². The Morgan fingerprint density at radius 2 is 1.86 bits per heavy atom. The van der Waals surface area contributed by atoms with Crippen molar-refractivity contribution in [3.63, 3.8) is 0 Å². The quantitative estimate of drug-likeness (QED) is 0.695. The molecular weight excluding hydrogens is 174 g/mol. The summed E-state index contributed by atoms with van der Waals surface area (Å²) in [5.74, 6) is 0. The molecule has 2 unspecified atom stereocenters. The van der Waals surface area contributed by atoms with Gasteiger partial charge in [0, 0.05) is 18.6 Å². The topological polar surface area (TPSA) is 23.5 Å². The summed E-state index contributed by atoms with van der Waals surface area (Å²) in [6, 6.07) is 1.34. The van der Waals surface area contributed by atoms with Gasteiger partial charge in [-0.1, -0.05) is 20.8 Å². The number of hydrogen-bond acceptors (Lipinski definition) is 2. The number of likely N-dealkylation sites (tertiary alicyclic amines) is 1. The molecule has 1 N–H and O–H groups in total. The summed E-state index contributed by atoms with van der Waals surface area (Å²) in [5.41, 5.74) is -0.472. The highest BCUT2D eigenvalue weighted by Gasteiger charge is 2.51. The average Bonchev–Trinajstić information content (AvgIpc) is 2.77. The van der Waals surface area contributed by atoms with Crippen molar-refractivity contribution in [3.05, 3.63) is 0 Å². The number of hydrogen-bond donors (Lipinski definition) is 1. The van der Waals surface area contributed by atoms with E-state index in [9.17, 15) is 5.11 Å². The van der Waals surface area contributed by atoms with E-state index >= 15 is 0 Å². The van der Waals surface area contributed by atoms with Crippen molar-refractivity contribution in [1.82, 2.24) is 4.90 Å². The van der Waals surface area contributed by atoms with Gasteiger partial charge < -0.3 is 5.11 Å². The van der Waals surface area contributed by atoms with Gasteiger partial charge in [0.15, 0.2) is 0 Å². The fraction of sp³-hybridized carbons (Fsp3) is 1.00. The molecule has 0 aromatic carbocycles. The Kier molecular flexibility index (Phi) is 2.20. The molecule has 1 saturated heterocycles. The van der Waals surface area contributed by atoms with Crippen molar-refractivity contribution in [3.8, 4) is 0 Å². The van der Waals surface area contributed by atoms with Crippen molar-refractivity contribution >= 4 is 0 Å². The summed E-state index contributed by atoms with van der Waals surface area (Å²) in [4.78, 5) is 2.51. The second kappa shape index (κ2) is 2.96. The van der Waals surface area contributed by atoms with Gasteiger partial charge in [0.1, 0.15) is 0 Å². The maximum absolute atomic E-state index is 10.6. The second-order valence-electron chi connectivity index (χ2n) is 6.24. The molecule has 2 fully saturated rings. The van der Waals surface area contributed by atoms with E-state index in [-0.39, 0.29) is 5.41 Å². The maximum Gasteiger partial charge on any atom is 0.0836 e. The second-order valence-corrected chi connectivity index (χ2v) is 6.24. The molecule has 0 radical (unpaired) electrons. The summed E-state index contributed by atoms with van der Waals surface area (Å²) in [6.07, 6.45) is 3.61. The zero-order valence-corrected chi connectivity index (χ0v) is 9.88. The molecule has 14 heavy (non-hydrogen) atoms. The Morgan fingerprint density at radius 3 is 2.21 bits per heavy atom. The SMILES string of the molecule is CC1CC(O)(C(C)(C)C)CN1C1CC1. The third-order valence-corrected chi connectivity index (χ3v) is 4.06. The first-order valence-electron chi connectivity index (χ1n) is 5.82. The van der Waals surface area contributed by atoms with Gasteiger partial charge in [-0.3, -0.25) is 4.90 Å². The van der Waals surface area contributed by atoms with Gasteiger partial charge in [-0.25, -0.2) is 0 Å². The van der Waals surface area contributed by atoms with Crippen LogP contribution in [0.2, 0.25) is 0 Å². The Hall–Kier alpha value is -0.0800. The first kappa shape index (κ1) is 10.4. The first-order chi connectivity index (χ1) is 6.33. The number of β-amino-alcohol motifs (C(OH)–C–C–N with tert-alkyl or cyclic N) is 1. The maximum atomic E-state index is 10.6. The van der Waals surface area contributed by atoms with Gasteiger partial charge in [-0.2, -0.15) is 0 Å². The molecule has 2 heteroatoms. The third kappa shape index (κ3) is 1.59. The van der Waals surface area contributed by atoms with Gasteiger partial charge in [-0.15, -0.1) is 0 Å². The van der Waals surface area contributed by atoms with E-state index in [1.807, 2.05) is 0 Å². The van der Waals surface area contributed by atoms with Crippen LogP contribution in [0.1, 0.15) is 47.0 Å². The number of rotatable bonds is 1. The molecule has 0 spiro atoms. The monoisotopic (exact) mass is 197 g/mol. The van der Waals surface area contributed by atoms with Crippen LogP contribution < -0.4 is 0 Å². The molecular formula is C12H23NO. The van der Waals surface area contributed by atoms with Crippen LogP contribution in [-0.2, 0) is 0 Å². The van der Waals surface area contributed by atoms with E-state index in [0.29, 0.717) is 6.04 Å². The lowest BCUT2D eigenvalue weighted by molar-refractivity contribution is -0.0483. The largest absolute Gasteiger partial charge is 0.388 e. The smallest absolute Gasteiger partial charge is 0.0836 e. The van der Waals surface area contributed by atoms with Gasteiger partial charge in [-0.05, 0) is 31.6 Å². The van der Waals surface area contributed by atoms with Crippen LogP contribution >= 0.6 is 0 Å². The molecule has 0 amide bonds. The van der Waals surface area contributed by atoms with Gasteiger partial charge in [0.2, 0.25) is 0 Å². The standard InChI is InChI=1S/C12H23NO/c1-9-7-12(14,11(2,3)4)8-13(9)10-5-6-10/h9-10,14H,5-8H2,1-4H3. The normalized spacial score (nSPS) is 40.5. The molecule has 1 heterocycles. The Labute approximate surface area is 87.3 Å². The first-order valence-corrected chi connectivity index (χ1v) is 5.82. The van der Waals surface area contributed by atoms with Crippen LogP contribution in [0.4, 0.5) is 0 Å². The Morgan fingerprint density at radius 1 is 1.29 bits per heavy atom. The zero-order valence-electron chi connectivity index (χ0n) is 9.88. The van der Waals surface area contributed by atoms with Crippen molar-refractivity contribution in [2.45, 2.75) is 64.6 Å². The van der Waals surface area contributed by atoms with Crippen molar-refractivity contribution in [2.75, 3.05) is 6.54 Å². The summed E-state index contributed by atoms with van der Waals surface area (Å²) in [7, 11) is 0. The predicted octanol–water partition coefficient (Wildman–Crippen LogP) is 2.02. The molecule has 0 aromatic heterocycles. The minimum Gasteiger partial charge on any atom is -0.388 e. The van der Waals surface area contributed by atoms with Crippen molar-refractivity contribution < 1.29 is 5.11 Å². The van der Waals surface area contributed by atoms with E-state index < -0.39 is 5.60 Å². The lowest BCUT2D eigenvalue weighted by atomic mass is 9.75. The molecule has 2 nitrogen and oxygen atoms in total. The highest BCUT2D eigenvalue weighted by molar-refractivity contribution is 5.05. The molecule has 1 saturated carbocycles. The molecule has 2 rings (SSSR count). The fourth-order valence-corrected chi connectivity index (χ4v) is 2.57. The third-order valence-electron chi connectivity index (χ3n) is 4.06. The minimum absolute atomic E-state index is 0.00486. The molecule has 1 aliphatic carbocycles. The highest BCUT2D eigenvalue weighted by Crippen LogP contribution is 2.44. The van der Waals surface area contributed by atoms with Gasteiger partial charge >= 0.3 is 0 Å². The summed E-state index contributed by atoms with van der Waals surface area (Å²) >= 11 is 0. The highest BCUT2D eigenvalue weighted by atomic mass is 16.3. The molecule has 0 aromatic rings. The van der Waals surface area contributed by atoms with Crippen LogP contribution in [0.5, 0.6) is 0 Å². The van der Waals surface area contributed by atoms with E-state index in [4.69, 9.17) is 0 Å². The minimum atomic E-state index is -0.477. The molecule has 82 valence electrons. The lowest BCUT2D eigenvalue weighted by Crippen LogP contribution is -2.45. The van der Waals surface area contributed by atoms with E-state index in [2.05, 4.69) is 32.6 Å². The zero-order chi connectivity index (χ0) is 10.6. The van der Waals surface area contributed by atoms with E-state index in [1.165, 1.54) is 12.8 Å². The lowest BCUT2D eigenvalue weighted by Gasteiger charge is -2.37. The molecule has 2 aliphatic rings. The van der Waals surface area contributed by atoms with Crippen molar-refractivity contribution in [1.29, 1.82) is 0 Å². The number of aliphatic hydroxyl groups is 1. The predicted molar refractivity (Wildman–Crippen MR) is 58.2 cm³/mol. The summed E-state index contributed by atoms with van der Waals surface area (Å²) in [6.45, 7) is 9.58. The molecule has 2 atom stereocenters.